The molecular formula is C20H43BP2. The van der Waals surface area contributed by atoms with Crippen LogP contribution in [0.3, 0.4) is 0 Å². The molecule has 0 fully saturated rings. The van der Waals surface area contributed by atoms with Crippen molar-refractivity contribution in [3.63, 3.8) is 0 Å². The molecule has 0 saturated heterocycles. The van der Waals surface area contributed by atoms with Crippen LogP contribution in [0.25, 0.3) is 0 Å². The molecule has 0 heterocycles. The first-order chi connectivity index (χ1) is 9.61. The van der Waals surface area contributed by atoms with Crippen LogP contribution in [0.2, 0.25) is 5.31 Å². The van der Waals surface area contributed by atoms with Crippen molar-refractivity contribution in [2.75, 3.05) is 0 Å². The molecule has 0 saturated carbocycles. The van der Waals surface area contributed by atoms with Crippen molar-refractivity contribution in [1.29, 1.82) is 0 Å². The van der Waals surface area contributed by atoms with Gasteiger partial charge in [-0.2, -0.15) is 0 Å². The quantitative estimate of drug-likeness (QED) is 0.357. The Balaban J connectivity index is 6.55. The summed E-state index contributed by atoms with van der Waals surface area (Å²) >= 11 is 0. The molecule has 0 aliphatic heterocycles. The molecule has 0 spiro atoms. The Hall–Kier alpha value is 0.925. The molecule has 0 N–H and O–H groups in total. The molecule has 136 valence electrons. The largest absolute Gasteiger partial charge is 0.0882 e. The van der Waals surface area contributed by atoms with E-state index >= 15 is 0 Å². The van der Waals surface area contributed by atoms with Crippen molar-refractivity contribution >= 4 is 23.7 Å². The van der Waals surface area contributed by atoms with Crippen LogP contribution < -0.4 is 0 Å². The first kappa shape index (κ1) is 23.9. The molecule has 0 nitrogen and oxygen atoms in total. The van der Waals surface area contributed by atoms with Gasteiger partial charge in [0.25, 0.3) is 0 Å². The van der Waals surface area contributed by atoms with Crippen LogP contribution in [0, 0.1) is 0 Å². The lowest BCUT2D eigenvalue weighted by atomic mass is 9.74. The van der Waals surface area contributed by atoms with Crippen LogP contribution in [0.4, 0.5) is 0 Å². The van der Waals surface area contributed by atoms with E-state index in [9.17, 15) is 0 Å². The summed E-state index contributed by atoms with van der Waals surface area (Å²) in [6, 6.07) is 0. The highest BCUT2D eigenvalue weighted by Crippen LogP contribution is 2.80. The van der Waals surface area contributed by atoms with E-state index in [4.69, 9.17) is 7.85 Å². The SMILES string of the molecule is [B]C(C)(C)C(P(C(C)(C)C)C(C)(C)C)P(C(C)(C)C)C(C)(C)C. The zero-order chi connectivity index (χ0) is 19.2. The van der Waals surface area contributed by atoms with Crippen molar-refractivity contribution in [2.45, 2.75) is 128 Å². The second-order valence-corrected chi connectivity index (χ2v) is 19.9. The molecule has 0 unspecified atom stereocenters. The van der Waals surface area contributed by atoms with Gasteiger partial charge in [0.2, 0.25) is 0 Å². The number of rotatable bonds is 3. The fourth-order valence-electron chi connectivity index (χ4n) is 4.26. The molecule has 0 atom stereocenters. The lowest BCUT2D eigenvalue weighted by Gasteiger charge is -2.59. The molecule has 0 rings (SSSR count). The minimum atomic E-state index is -0.258. The molecular weight excluding hydrogens is 313 g/mol. The van der Waals surface area contributed by atoms with E-state index in [-0.39, 0.29) is 21.2 Å². The van der Waals surface area contributed by atoms with E-state index in [0.717, 1.165) is 0 Å². The third kappa shape index (κ3) is 6.62. The van der Waals surface area contributed by atoms with Gasteiger partial charge in [-0.25, -0.2) is 0 Å². The fourth-order valence-corrected chi connectivity index (χ4v) is 17.6. The molecule has 0 aliphatic carbocycles. The molecule has 3 heteroatoms. The van der Waals surface area contributed by atoms with Crippen LogP contribution in [0.15, 0.2) is 0 Å². The predicted molar refractivity (Wildman–Crippen MR) is 116 cm³/mol. The molecule has 23 heavy (non-hydrogen) atoms. The molecule has 0 amide bonds. The average Bonchev–Trinajstić information content (AvgIpc) is 2.04. The Morgan fingerprint density at radius 3 is 0.739 bits per heavy atom. The van der Waals surface area contributed by atoms with Gasteiger partial charge >= 0.3 is 0 Å². The molecule has 0 aliphatic rings. The van der Waals surface area contributed by atoms with Gasteiger partial charge in [0, 0.05) is 0 Å². The van der Waals surface area contributed by atoms with Crippen LogP contribution in [-0.4, -0.2) is 33.9 Å². The van der Waals surface area contributed by atoms with Crippen molar-refractivity contribution in [1.82, 2.24) is 0 Å². The highest BCUT2D eigenvalue weighted by molar-refractivity contribution is 7.79. The van der Waals surface area contributed by atoms with Gasteiger partial charge in [-0.15, -0.1) is 0 Å². The van der Waals surface area contributed by atoms with Gasteiger partial charge in [0.05, 0.1) is 7.85 Å². The Morgan fingerprint density at radius 1 is 0.478 bits per heavy atom. The van der Waals surface area contributed by atoms with Crippen LogP contribution in [0.1, 0.15) is 96.9 Å². The van der Waals surface area contributed by atoms with Gasteiger partial charge < -0.3 is 0 Å². The monoisotopic (exact) mass is 356 g/mol. The summed E-state index contributed by atoms with van der Waals surface area (Å²) in [5.74, 6) is 0. The first-order valence-electron chi connectivity index (χ1n) is 8.99. The summed E-state index contributed by atoms with van der Waals surface area (Å²) in [6.07, 6.45) is 0. The zero-order valence-corrected chi connectivity index (χ0v) is 20.3. The lowest BCUT2D eigenvalue weighted by Crippen LogP contribution is -2.42. The van der Waals surface area contributed by atoms with Crippen molar-refractivity contribution in [2.24, 2.45) is 0 Å². The summed E-state index contributed by atoms with van der Waals surface area (Å²) in [5.41, 5.74) is 0. The Kier molecular flexibility index (Phi) is 7.19. The van der Waals surface area contributed by atoms with Crippen molar-refractivity contribution < 1.29 is 0 Å². The first-order valence-corrected chi connectivity index (χ1v) is 11.8. The van der Waals surface area contributed by atoms with Gasteiger partial charge in [-0.3, -0.25) is 0 Å². The molecule has 0 bridgehead atoms. The normalized spacial score (nSPS) is 15.9. The summed E-state index contributed by atoms with van der Waals surface area (Å²) < 4.78 is 0. The second kappa shape index (κ2) is 6.91. The maximum Gasteiger partial charge on any atom is 0.0752 e. The zero-order valence-electron chi connectivity index (χ0n) is 18.5. The molecule has 0 aromatic heterocycles. The Morgan fingerprint density at radius 2 is 0.652 bits per heavy atom. The summed E-state index contributed by atoms with van der Waals surface area (Å²) in [6.45, 7) is 33.7. The predicted octanol–water partition coefficient (Wildman–Crippen LogP) is 7.84. The van der Waals surface area contributed by atoms with Gasteiger partial charge in [0.1, 0.15) is 0 Å². The number of hydrogen-bond donors (Lipinski definition) is 0. The Labute approximate surface area is 152 Å². The summed E-state index contributed by atoms with van der Waals surface area (Å²) in [7, 11) is 6.38. The number of hydrogen-bond acceptors (Lipinski definition) is 0. The van der Waals surface area contributed by atoms with E-state index in [1.165, 1.54) is 0 Å². The standard InChI is InChI=1S/C20H43BP2/c1-16(2,3)22(17(4,5)6)15(20(13,14)21)23(18(7,8)9)19(10,11)12/h15H,1-14H3. The summed E-state index contributed by atoms with van der Waals surface area (Å²) in [5, 5.41) is 1.61. The maximum absolute atomic E-state index is 6.90. The van der Waals surface area contributed by atoms with E-state index in [1.807, 2.05) is 0 Å². The van der Waals surface area contributed by atoms with Gasteiger partial charge in [-0.05, 0) is 26.0 Å². The second-order valence-electron chi connectivity index (χ2n) is 11.6. The van der Waals surface area contributed by atoms with Crippen molar-refractivity contribution in [3.05, 3.63) is 0 Å². The smallest absolute Gasteiger partial charge is 0.0752 e. The van der Waals surface area contributed by atoms with Crippen LogP contribution in [0.5, 0.6) is 0 Å². The minimum Gasteiger partial charge on any atom is -0.0882 e. The topological polar surface area (TPSA) is 0 Å². The highest BCUT2D eigenvalue weighted by Gasteiger charge is 2.52. The molecule has 2 radical (unpaired) electrons. The maximum atomic E-state index is 6.90. The third-order valence-corrected chi connectivity index (χ3v) is 13.5. The van der Waals surface area contributed by atoms with Gasteiger partial charge in [-0.1, -0.05) is 118 Å². The third-order valence-electron chi connectivity index (χ3n) is 4.05. The van der Waals surface area contributed by atoms with Crippen LogP contribution >= 0.6 is 15.8 Å². The summed E-state index contributed by atoms with van der Waals surface area (Å²) in [4.78, 5) is 0. The van der Waals surface area contributed by atoms with E-state index < -0.39 is 0 Å². The Bertz CT molecular complexity index is 320. The van der Waals surface area contributed by atoms with E-state index in [0.29, 0.717) is 26.0 Å². The molecule has 0 aromatic rings. The average molecular weight is 356 g/mol. The van der Waals surface area contributed by atoms with E-state index in [1.54, 1.807) is 0 Å². The minimum absolute atomic E-state index is 0.154. The van der Waals surface area contributed by atoms with Crippen molar-refractivity contribution in [3.8, 4) is 0 Å². The fraction of sp³-hybridized carbons (Fsp3) is 1.00. The van der Waals surface area contributed by atoms with Crippen LogP contribution in [-0.2, 0) is 0 Å². The highest BCUT2D eigenvalue weighted by atomic mass is 31.2. The van der Waals surface area contributed by atoms with Gasteiger partial charge in [0.15, 0.2) is 0 Å². The lowest BCUT2D eigenvalue weighted by molar-refractivity contribution is 0.629. The molecule has 0 aromatic carbocycles. The van der Waals surface area contributed by atoms with E-state index in [2.05, 4.69) is 96.9 Å².